The molecule has 1 heteroatoms. The highest BCUT2D eigenvalue weighted by atomic mass is 16.1. The number of hydrogen-bond donors (Lipinski definition) is 0. The first-order valence-corrected chi connectivity index (χ1v) is 4.94. The van der Waals surface area contributed by atoms with Crippen LogP contribution < -0.4 is 0 Å². The summed E-state index contributed by atoms with van der Waals surface area (Å²) in [5.41, 5.74) is 2.40. The van der Waals surface area contributed by atoms with Gasteiger partial charge in [-0.1, -0.05) is 54.6 Å². The number of benzene rings is 1. The second kappa shape index (κ2) is 4.74. The van der Waals surface area contributed by atoms with Crippen LogP contribution in [0.15, 0.2) is 54.6 Å². The van der Waals surface area contributed by atoms with Crippen LogP contribution in [0.2, 0.25) is 0 Å². The van der Waals surface area contributed by atoms with Crippen molar-refractivity contribution in [3.05, 3.63) is 60.2 Å². The smallest absolute Gasteiger partial charge is 0.173 e. The van der Waals surface area contributed by atoms with Gasteiger partial charge in [0.2, 0.25) is 0 Å². The quantitative estimate of drug-likeness (QED) is 0.535. The van der Waals surface area contributed by atoms with Crippen LogP contribution in [-0.2, 0) is 0 Å². The lowest BCUT2D eigenvalue weighted by Crippen LogP contribution is -2.16. The Hall–Kier alpha value is -1.63. The third-order valence-electron chi connectivity index (χ3n) is 2.31. The second-order valence-corrected chi connectivity index (χ2v) is 3.86. The summed E-state index contributed by atoms with van der Waals surface area (Å²) in [7, 11) is 0. The molecule has 0 radical (unpaired) electrons. The largest absolute Gasteiger partial charge is 0.293 e. The molecule has 1 aromatic carbocycles. The van der Waals surface area contributed by atoms with E-state index in [0.29, 0.717) is 5.56 Å². The van der Waals surface area contributed by atoms with Gasteiger partial charge in [-0.25, -0.2) is 0 Å². The van der Waals surface area contributed by atoms with E-state index in [0.717, 1.165) is 11.1 Å². The van der Waals surface area contributed by atoms with Gasteiger partial charge in [0.1, 0.15) is 0 Å². The lowest BCUT2D eigenvalue weighted by atomic mass is 9.87. The average Bonchev–Trinajstić information content (AvgIpc) is 2.18. The SMILES string of the molecule is C=C(C)C(C(=C)C)C(=O)c1ccccc1. The molecule has 0 spiro atoms. The van der Waals surface area contributed by atoms with Crippen LogP contribution in [0.25, 0.3) is 0 Å². The summed E-state index contributed by atoms with van der Waals surface area (Å²) in [5.74, 6) is -0.178. The molecule has 0 aromatic heterocycles. The fraction of sp³-hybridized carbons (Fsp3) is 0.214. The number of Topliss-reactive ketones (excluding diaryl/α,β-unsaturated/α-hetero) is 1. The maximum atomic E-state index is 12.1. The number of carbonyl (C=O) groups excluding carboxylic acids is 1. The van der Waals surface area contributed by atoms with Crippen LogP contribution in [0.3, 0.4) is 0 Å². The van der Waals surface area contributed by atoms with Gasteiger partial charge in [-0.15, -0.1) is 0 Å². The topological polar surface area (TPSA) is 17.1 Å². The molecule has 1 aromatic rings. The summed E-state index contributed by atoms with van der Waals surface area (Å²) in [4.78, 5) is 12.1. The Bertz CT molecular complexity index is 373. The summed E-state index contributed by atoms with van der Waals surface area (Å²) in [5, 5.41) is 0. The van der Waals surface area contributed by atoms with Gasteiger partial charge in [-0.2, -0.15) is 0 Å². The van der Waals surface area contributed by atoms with E-state index in [1.807, 2.05) is 44.2 Å². The van der Waals surface area contributed by atoms with Gasteiger partial charge in [0.15, 0.2) is 5.78 Å². The highest BCUT2D eigenvalue weighted by Gasteiger charge is 2.20. The van der Waals surface area contributed by atoms with Gasteiger partial charge < -0.3 is 0 Å². The first kappa shape index (κ1) is 11.4. The molecule has 0 unspecified atom stereocenters. The van der Waals surface area contributed by atoms with Crippen LogP contribution in [0, 0.1) is 5.92 Å². The molecule has 0 saturated heterocycles. The van der Waals surface area contributed by atoms with Crippen molar-refractivity contribution in [1.82, 2.24) is 0 Å². The van der Waals surface area contributed by atoms with Crippen molar-refractivity contribution in [3.8, 4) is 0 Å². The fourth-order valence-electron chi connectivity index (χ4n) is 1.64. The molecule has 0 N–H and O–H groups in total. The molecule has 0 bridgehead atoms. The van der Waals surface area contributed by atoms with Gasteiger partial charge in [0, 0.05) is 5.56 Å². The molecule has 1 nitrogen and oxygen atoms in total. The Morgan fingerprint density at radius 2 is 1.53 bits per heavy atom. The number of rotatable bonds is 4. The predicted octanol–water partition coefficient (Wildman–Crippen LogP) is 3.64. The average molecular weight is 200 g/mol. The number of allylic oxidation sites excluding steroid dienone is 2. The Kier molecular flexibility index (Phi) is 3.62. The van der Waals surface area contributed by atoms with E-state index < -0.39 is 0 Å². The molecule has 0 aliphatic rings. The van der Waals surface area contributed by atoms with Crippen molar-refractivity contribution in [1.29, 1.82) is 0 Å². The highest BCUT2D eigenvalue weighted by Crippen LogP contribution is 2.22. The maximum absolute atomic E-state index is 12.1. The molecule has 0 heterocycles. The summed E-state index contributed by atoms with van der Waals surface area (Å²) >= 11 is 0. The van der Waals surface area contributed by atoms with Gasteiger partial charge in [0.05, 0.1) is 5.92 Å². The number of hydrogen-bond acceptors (Lipinski definition) is 1. The number of carbonyl (C=O) groups is 1. The van der Waals surface area contributed by atoms with E-state index in [2.05, 4.69) is 13.2 Å². The van der Waals surface area contributed by atoms with E-state index in [4.69, 9.17) is 0 Å². The van der Waals surface area contributed by atoms with Gasteiger partial charge >= 0.3 is 0 Å². The zero-order chi connectivity index (χ0) is 11.4. The lowest BCUT2D eigenvalue weighted by molar-refractivity contribution is 0.0956. The fourth-order valence-corrected chi connectivity index (χ4v) is 1.64. The van der Waals surface area contributed by atoms with Crippen molar-refractivity contribution < 1.29 is 4.79 Å². The Balaban J connectivity index is 3.02. The van der Waals surface area contributed by atoms with Crippen LogP contribution in [0.5, 0.6) is 0 Å². The van der Waals surface area contributed by atoms with Crippen LogP contribution in [0.4, 0.5) is 0 Å². The Morgan fingerprint density at radius 3 is 1.93 bits per heavy atom. The molecule has 0 saturated carbocycles. The second-order valence-electron chi connectivity index (χ2n) is 3.86. The minimum Gasteiger partial charge on any atom is -0.293 e. The Morgan fingerprint density at radius 1 is 1.07 bits per heavy atom. The third-order valence-corrected chi connectivity index (χ3v) is 2.31. The molecule has 78 valence electrons. The number of ketones is 1. The molecule has 0 aliphatic carbocycles. The van der Waals surface area contributed by atoms with E-state index in [9.17, 15) is 4.79 Å². The lowest BCUT2D eigenvalue weighted by Gasteiger charge is -2.15. The summed E-state index contributed by atoms with van der Waals surface area (Å²) in [6.45, 7) is 11.4. The van der Waals surface area contributed by atoms with Crippen LogP contribution in [-0.4, -0.2) is 5.78 Å². The van der Waals surface area contributed by atoms with Crippen molar-refractivity contribution in [2.75, 3.05) is 0 Å². The minimum absolute atomic E-state index is 0.0793. The highest BCUT2D eigenvalue weighted by molar-refractivity contribution is 6.01. The third kappa shape index (κ3) is 2.66. The molecular weight excluding hydrogens is 184 g/mol. The van der Waals surface area contributed by atoms with Crippen molar-refractivity contribution in [2.24, 2.45) is 5.92 Å². The van der Waals surface area contributed by atoms with Gasteiger partial charge in [-0.05, 0) is 13.8 Å². The predicted molar refractivity (Wildman–Crippen MR) is 63.9 cm³/mol. The van der Waals surface area contributed by atoms with E-state index in [-0.39, 0.29) is 11.7 Å². The van der Waals surface area contributed by atoms with Gasteiger partial charge in [-0.3, -0.25) is 4.79 Å². The van der Waals surface area contributed by atoms with Crippen molar-refractivity contribution in [2.45, 2.75) is 13.8 Å². The zero-order valence-electron chi connectivity index (χ0n) is 9.29. The standard InChI is InChI=1S/C14H16O/c1-10(2)13(11(3)4)14(15)12-8-6-5-7-9-12/h5-9,13H,1,3H2,2,4H3. The zero-order valence-corrected chi connectivity index (χ0v) is 9.29. The molecule has 15 heavy (non-hydrogen) atoms. The minimum atomic E-state index is -0.257. The molecule has 0 fully saturated rings. The normalized spacial score (nSPS) is 10.1. The molecule has 0 aliphatic heterocycles. The van der Waals surface area contributed by atoms with Crippen molar-refractivity contribution in [3.63, 3.8) is 0 Å². The molecule has 0 amide bonds. The van der Waals surface area contributed by atoms with Crippen molar-refractivity contribution >= 4 is 5.78 Å². The summed E-state index contributed by atoms with van der Waals surface area (Å²) in [6.07, 6.45) is 0. The van der Waals surface area contributed by atoms with E-state index in [1.165, 1.54) is 0 Å². The van der Waals surface area contributed by atoms with Crippen LogP contribution >= 0.6 is 0 Å². The van der Waals surface area contributed by atoms with E-state index >= 15 is 0 Å². The molecule has 0 atom stereocenters. The van der Waals surface area contributed by atoms with Crippen LogP contribution in [0.1, 0.15) is 24.2 Å². The molecule has 1 rings (SSSR count). The Labute approximate surface area is 91.1 Å². The monoisotopic (exact) mass is 200 g/mol. The summed E-state index contributed by atoms with van der Waals surface area (Å²) in [6, 6.07) is 9.26. The molecular formula is C14H16O. The summed E-state index contributed by atoms with van der Waals surface area (Å²) < 4.78 is 0. The maximum Gasteiger partial charge on any atom is 0.173 e. The first-order valence-electron chi connectivity index (χ1n) is 4.94. The first-order chi connectivity index (χ1) is 7.04. The van der Waals surface area contributed by atoms with E-state index in [1.54, 1.807) is 0 Å². The van der Waals surface area contributed by atoms with Gasteiger partial charge in [0.25, 0.3) is 0 Å².